The summed E-state index contributed by atoms with van der Waals surface area (Å²) in [5.41, 5.74) is 0.00709. The Labute approximate surface area is 131 Å². The molecule has 0 aromatic carbocycles. The first-order valence-electron chi connectivity index (χ1n) is 6.88. The Kier molecular flexibility index (Phi) is 6.88. The van der Waals surface area contributed by atoms with Gasteiger partial charge in [-0.15, -0.1) is 11.3 Å². The first-order valence-corrected chi connectivity index (χ1v) is 9.34. The monoisotopic (exact) mass is 329 g/mol. The first kappa shape index (κ1) is 18.2. The zero-order valence-electron chi connectivity index (χ0n) is 12.8. The fourth-order valence-corrected chi connectivity index (χ4v) is 3.75. The van der Waals surface area contributed by atoms with Gasteiger partial charge < -0.3 is 5.11 Å². The third kappa shape index (κ3) is 8.22. The van der Waals surface area contributed by atoms with Gasteiger partial charge in [-0.25, -0.2) is 13.1 Å². The van der Waals surface area contributed by atoms with Crippen LogP contribution in [0.25, 0.3) is 0 Å². The maximum absolute atomic E-state index is 11.9. The largest absolute Gasteiger partial charge is 0.395 e. The van der Waals surface area contributed by atoms with Crippen molar-refractivity contribution in [2.24, 2.45) is 5.41 Å². The number of hydrogen-bond donors (Lipinski definition) is 2. The minimum absolute atomic E-state index is 0.00709. The Morgan fingerprint density at radius 3 is 2.67 bits per heavy atom. The second-order valence-electron chi connectivity index (χ2n) is 5.99. The highest BCUT2D eigenvalue weighted by Gasteiger charge is 2.17. The van der Waals surface area contributed by atoms with Crippen LogP contribution in [0.1, 0.15) is 43.4 Å². The molecule has 0 bridgehead atoms. The number of aliphatic hydroxyl groups excluding tert-OH is 1. The summed E-state index contributed by atoms with van der Waals surface area (Å²) < 4.78 is 26.4. The third-order valence-corrected chi connectivity index (χ3v) is 5.02. The predicted molar refractivity (Wildman–Crippen MR) is 87.6 cm³/mol. The van der Waals surface area contributed by atoms with Crippen LogP contribution in [-0.4, -0.2) is 25.9 Å². The molecule has 0 saturated heterocycles. The molecule has 6 heteroatoms. The molecule has 0 aliphatic carbocycles. The van der Waals surface area contributed by atoms with Crippen molar-refractivity contribution in [3.8, 4) is 11.8 Å². The number of hydrogen-bond acceptors (Lipinski definition) is 4. The minimum atomic E-state index is -3.24. The number of thiophene rings is 1. The predicted octanol–water partition coefficient (Wildman–Crippen LogP) is 2.34. The lowest BCUT2D eigenvalue weighted by molar-refractivity contribution is 0.305. The summed E-state index contributed by atoms with van der Waals surface area (Å²) in [5.74, 6) is 5.93. The van der Waals surface area contributed by atoms with Crippen LogP contribution >= 0.6 is 11.3 Å². The van der Waals surface area contributed by atoms with Crippen molar-refractivity contribution >= 4 is 21.4 Å². The van der Waals surface area contributed by atoms with Gasteiger partial charge in [0.15, 0.2) is 0 Å². The molecule has 2 N–H and O–H groups in total. The molecule has 0 aliphatic heterocycles. The number of nitrogens with one attached hydrogen (secondary N) is 1. The molecule has 21 heavy (non-hydrogen) atoms. The number of rotatable bonds is 6. The molecular formula is C15H23NO3S2. The molecular weight excluding hydrogens is 306 g/mol. The SMILES string of the molecule is CC(C)(C)CCS(=O)(=O)NCc1ccc(C#CCCO)s1. The van der Waals surface area contributed by atoms with E-state index in [4.69, 9.17) is 5.11 Å². The van der Waals surface area contributed by atoms with Crippen LogP contribution in [0.2, 0.25) is 0 Å². The first-order chi connectivity index (χ1) is 9.72. The van der Waals surface area contributed by atoms with Crippen molar-refractivity contribution in [1.29, 1.82) is 0 Å². The van der Waals surface area contributed by atoms with Crippen molar-refractivity contribution < 1.29 is 13.5 Å². The summed E-state index contributed by atoms with van der Waals surface area (Å²) in [6.07, 6.45) is 1.08. The molecule has 0 aliphatic rings. The molecule has 0 spiro atoms. The molecule has 0 saturated carbocycles. The van der Waals surface area contributed by atoms with Gasteiger partial charge >= 0.3 is 0 Å². The van der Waals surface area contributed by atoms with Crippen LogP contribution in [0, 0.1) is 17.3 Å². The molecule has 0 amide bonds. The Morgan fingerprint density at radius 2 is 2.05 bits per heavy atom. The maximum Gasteiger partial charge on any atom is 0.211 e. The van der Waals surface area contributed by atoms with Crippen molar-refractivity contribution in [1.82, 2.24) is 4.72 Å². The van der Waals surface area contributed by atoms with Crippen LogP contribution in [0.4, 0.5) is 0 Å². The van der Waals surface area contributed by atoms with Crippen molar-refractivity contribution in [2.45, 2.75) is 40.2 Å². The van der Waals surface area contributed by atoms with Crippen molar-refractivity contribution in [2.75, 3.05) is 12.4 Å². The molecule has 4 nitrogen and oxygen atoms in total. The van der Waals surface area contributed by atoms with Gasteiger partial charge in [0.1, 0.15) is 0 Å². The topological polar surface area (TPSA) is 66.4 Å². The van der Waals surface area contributed by atoms with E-state index in [1.165, 1.54) is 11.3 Å². The van der Waals surface area contributed by atoms with Gasteiger partial charge in [0.2, 0.25) is 10.0 Å². The van der Waals surface area contributed by atoms with E-state index in [9.17, 15) is 8.42 Å². The Hall–Kier alpha value is -0.870. The summed E-state index contributed by atoms with van der Waals surface area (Å²) in [4.78, 5) is 1.81. The van der Waals surface area contributed by atoms with E-state index >= 15 is 0 Å². The van der Waals surface area contributed by atoms with E-state index in [1.54, 1.807) is 0 Å². The van der Waals surface area contributed by atoms with E-state index in [1.807, 2.05) is 32.9 Å². The summed E-state index contributed by atoms with van der Waals surface area (Å²) in [5, 5.41) is 8.66. The van der Waals surface area contributed by atoms with Crippen LogP contribution in [0.5, 0.6) is 0 Å². The summed E-state index contributed by atoms with van der Waals surface area (Å²) in [6.45, 7) is 6.44. The highest BCUT2D eigenvalue weighted by molar-refractivity contribution is 7.89. The van der Waals surface area contributed by atoms with Gasteiger partial charge in [0, 0.05) is 17.8 Å². The van der Waals surface area contributed by atoms with Crippen molar-refractivity contribution in [3.63, 3.8) is 0 Å². The van der Waals surface area contributed by atoms with Gasteiger partial charge in [-0.1, -0.05) is 32.6 Å². The van der Waals surface area contributed by atoms with E-state index in [0.717, 1.165) is 9.75 Å². The van der Waals surface area contributed by atoms with Gasteiger partial charge in [0.05, 0.1) is 17.2 Å². The third-order valence-electron chi connectivity index (χ3n) is 2.70. The van der Waals surface area contributed by atoms with Crippen LogP contribution in [0.15, 0.2) is 12.1 Å². The molecule has 118 valence electrons. The molecule has 0 fully saturated rings. The summed E-state index contributed by atoms with van der Waals surface area (Å²) in [7, 11) is -3.24. The standard InChI is InChI=1S/C15H23NO3S2/c1-15(2,3)9-11-21(18,19)16-12-14-8-7-13(20-14)6-4-5-10-17/h7-8,16-17H,5,9-12H2,1-3H3. The molecule has 1 aromatic rings. The van der Waals surface area contributed by atoms with Crippen LogP contribution < -0.4 is 4.72 Å². The van der Waals surface area contributed by atoms with Gasteiger partial charge in [-0.3, -0.25) is 0 Å². The lowest BCUT2D eigenvalue weighted by Crippen LogP contribution is -2.27. The average Bonchev–Trinajstić information content (AvgIpc) is 2.82. The second kappa shape index (κ2) is 7.95. The van der Waals surface area contributed by atoms with E-state index in [2.05, 4.69) is 16.6 Å². The van der Waals surface area contributed by atoms with E-state index in [-0.39, 0.29) is 17.8 Å². The maximum atomic E-state index is 11.9. The summed E-state index contributed by atoms with van der Waals surface area (Å²) in [6, 6.07) is 3.74. The van der Waals surface area contributed by atoms with Gasteiger partial charge in [-0.05, 0) is 24.0 Å². The van der Waals surface area contributed by atoms with Gasteiger partial charge in [-0.2, -0.15) is 0 Å². The normalized spacial score (nSPS) is 12.0. The molecule has 0 atom stereocenters. The average molecular weight is 329 g/mol. The molecule has 1 rings (SSSR count). The van der Waals surface area contributed by atoms with Crippen molar-refractivity contribution in [3.05, 3.63) is 21.9 Å². The molecule has 1 aromatic heterocycles. The highest BCUT2D eigenvalue weighted by atomic mass is 32.2. The molecule has 1 heterocycles. The highest BCUT2D eigenvalue weighted by Crippen LogP contribution is 2.19. The van der Waals surface area contributed by atoms with Crippen LogP contribution in [-0.2, 0) is 16.6 Å². The smallest absolute Gasteiger partial charge is 0.211 e. The fraction of sp³-hybridized carbons (Fsp3) is 0.600. The Morgan fingerprint density at radius 1 is 1.33 bits per heavy atom. The van der Waals surface area contributed by atoms with E-state index in [0.29, 0.717) is 19.4 Å². The number of sulfonamides is 1. The number of aliphatic hydroxyl groups is 1. The zero-order chi connectivity index (χ0) is 15.9. The quantitative estimate of drug-likeness (QED) is 0.787. The Balaban J connectivity index is 2.50. The molecule has 0 unspecified atom stereocenters. The minimum Gasteiger partial charge on any atom is -0.395 e. The molecule has 0 radical (unpaired) electrons. The Bertz CT molecular complexity index is 601. The van der Waals surface area contributed by atoms with Crippen LogP contribution in [0.3, 0.4) is 0 Å². The zero-order valence-corrected chi connectivity index (χ0v) is 14.4. The fourth-order valence-electron chi connectivity index (χ4n) is 1.44. The van der Waals surface area contributed by atoms with Gasteiger partial charge in [0.25, 0.3) is 0 Å². The summed E-state index contributed by atoms with van der Waals surface area (Å²) >= 11 is 1.47. The van der Waals surface area contributed by atoms with E-state index < -0.39 is 10.0 Å². The lowest BCUT2D eigenvalue weighted by Gasteiger charge is -2.17. The lowest BCUT2D eigenvalue weighted by atomic mass is 9.94. The second-order valence-corrected chi connectivity index (χ2v) is 9.09.